The summed E-state index contributed by atoms with van der Waals surface area (Å²) in [4.78, 5) is 1.10. The topological polar surface area (TPSA) is 14.2 Å². The Kier molecular flexibility index (Phi) is 4.61. The van der Waals surface area contributed by atoms with Gasteiger partial charge in [-0.3, -0.25) is 3.97 Å². The summed E-state index contributed by atoms with van der Waals surface area (Å²) in [6, 6.07) is 12.0. The van der Waals surface area contributed by atoms with Gasteiger partial charge in [0.25, 0.3) is 0 Å². The van der Waals surface area contributed by atoms with E-state index in [-0.39, 0.29) is 6.10 Å². The van der Waals surface area contributed by atoms with Gasteiger partial charge in [-0.1, -0.05) is 40.9 Å². The molecule has 1 saturated carbocycles. The highest BCUT2D eigenvalue weighted by Gasteiger charge is 2.31. The molecule has 0 atom stereocenters. The summed E-state index contributed by atoms with van der Waals surface area (Å²) in [5.41, 5.74) is 2.02. The van der Waals surface area contributed by atoms with Gasteiger partial charge in [-0.05, 0) is 37.1 Å². The Morgan fingerprint density at radius 3 is 2.56 bits per heavy atom. The first-order valence-electron chi connectivity index (χ1n) is 8.06. The van der Waals surface area contributed by atoms with E-state index in [0.717, 1.165) is 15.8 Å². The summed E-state index contributed by atoms with van der Waals surface area (Å²) in [6.45, 7) is 2.06. The van der Waals surface area contributed by atoms with Crippen molar-refractivity contribution in [3.05, 3.63) is 58.2 Å². The highest BCUT2D eigenvalue weighted by atomic mass is 35.5. The van der Waals surface area contributed by atoms with Crippen LogP contribution in [0, 0.1) is 6.92 Å². The molecule has 4 rings (SSSR count). The number of hydrogen-bond donors (Lipinski definition) is 0. The van der Waals surface area contributed by atoms with Gasteiger partial charge in [0, 0.05) is 35.4 Å². The molecule has 25 heavy (non-hydrogen) atoms. The van der Waals surface area contributed by atoms with Crippen LogP contribution in [-0.4, -0.2) is 16.2 Å². The highest BCUT2D eigenvalue weighted by Crippen LogP contribution is 2.42. The van der Waals surface area contributed by atoms with Crippen LogP contribution in [0.5, 0.6) is 5.75 Å². The molecule has 0 aliphatic heterocycles. The summed E-state index contributed by atoms with van der Waals surface area (Å²) in [7, 11) is 0. The van der Waals surface area contributed by atoms with E-state index in [9.17, 15) is 4.39 Å². The van der Waals surface area contributed by atoms with Crippen molar-refractivity contribution in [2.24, 2.45) is 0 Å². The number of nitrogens with zero attached hydrogens (tertiary/aromatic N) is 1. The second kappa shape index (κ2) is 6.75. The molecule has 6 heteroatoms. The zero-order chi connectivity index (χ0) is 17.6. The van der Waals surface area contributed by atoms with Crippen LogP contribution >= 0.6 is 35.1 Å². The number of aryl methyl sites for hydroxylation is 1. The maximum atomic E-state index is 13.1. The number of rotatable bonds is 4. The van der Waals surface area contributed by atoms with E-state index in [1.54, 1.807) is 18.0 Å². The lowest BCUT2D eigenvalue weighted by Crippen LogP contribution is -2.34. The van der Waals surface area contributed by atoms with Crippen molar-refractivity contribution >= 4 is 46.1 Å². The molecular weight excluding hydrogens is 380 g/mol. The van der Waals surface area contributed by atoms with Crippen LogP contribution in [0.3, 0.4) is 0 Å². The van der Waals surface area contributed by atoms with Crippen molar-refractivity contribution in [1.29, 1.82) is 0 Å². The van der Waals surface area contributed by atoms with Gasteiger partial charge >= 0.3 is 0 Å². The van der Waals surface area contributed by atoms with Crippen molar-refractivity contribution in [2.45, 2.75) is 36.9 Å². The lowest BCUT2D eigenvalue weighted by Gasteiger charge is -2.30. The maximum absolute atomic E-state index is 13.1. The van der Waals surface area contributed by atoms with Crippen LogP contribution in [0.4, 0.5) is 4.39 Å². The molecule has 1 fully saturated rings. The third-order valence-corrected chi connectivity index (χ3v) is 6.11. The zero-order valence-electron chi connectivity index (χ0n) is 13.5. The molecule has 1 aliphatic rings. The number of alkyl halides is 1. The molecule has 0 radical (unpaired) electrons. The molecule has 0 spiro atoms. The molecule has 3 aromatic rings. The molecule has 1 aromatic heterocycles. The van der Waals surface area contributed by atoms with Gasteiger partial charge in [0.2, 0.25) is 0 Å². The van der Waals surface area contributed by atoms with Crippen LogP contribution < -0.4 is 4.74 Å². The molecule has 0 N–H and O–H groups in total. The number of halogens is 3. The Morgan fingerprint density at radius 2 is 1.88 bits per heavy atom. The third-order valence-electron chi connectivity index (χ3n) is 4.35. The summed E-state index contributed by atoms with van der Waals surface area (Å²) in [5, 5.41) is 1.81. The third kappa shape index (κ3) is 3.35. The predicted octanol–water partition coefficient (Wildman–Crippen LogP) is 6.69. The van der Waals surface area contributed by atoms with Gasteiger partial charge in [-0.15, -0.1) is 0 Å². The molecule has 2 nitrogen and oxygen atoms in total. The summed E-state index contributed by atoms with van der Waals surface area (Å²) >= 11 is 14.3. The van der Waals surface area contributed by atoms with E-state index in [0.29, 0.717) is 28.6 Å². The first-order chi connectivity index (χ1) is 12.0. The quantitative estimate of drug-likeness (QED) is 0.488. The van der Waals surface area contributed by atoms with Gasteiger partial charge in [-0.2, -0.15) is 0 Å². The number of benzene rings is 2. The molecule has 1 heterocycles. The van der Waals surface area contributed by atoms with Crippen molar-refractivity contribution < 1.29 is 9.13 Å². The molecule has 1 aliphatic carbocycles. The fraction of sp³-hybridized carbons (Fsp3) is 0.263. The van der Waals surface area contributed by atoms with Crippen LogP contribution in [0.15, 0.2) is 47.5 Å². The Bertz CT molecular complexity index is 919. The first kappa shape index (κ1) is 17.1. The van der Waals surface area contributed by atoms with E-state index in [1.165, 1.54) is 5.56 Å². The minimum atomic E-state index is -0.759. The molecule has 0 bridgehead atoms. The summed E-state index contributed by atoms with van der Waals surface area (Å²) in [6.07, 6.45) is 1.96. The molecule has 0 unspecified atom stereocenters. The van der Waals surface area contributed by atoms with Gasteiger partial charge in [0.1, 0.15) is 18.0 Å². The molecule has 130 valence electrons. The van der Waals surface area contributed by atoms with Crippen LogP contribution in [0.2, 0.25) is 10.0 Å². The van der Waals surface area contributed by atoms with Crippen LogP contribution in [0.25, 0.3) is 10.9 Å². The Morgan fingerprint density at radius 1 is 1.16 bits per heavy atom. The minimum absolute atomic E-state index is 0.0939. The van der Waals surface area contributed by atoms with Crippen molar-refractivity contribution in [2.75, 3.05) is 0 Å². The standard InChI is InChI=1S/C19H16Cl2FNOS/c1-11-2-4-14(5-3-11)25-23-7-6-15-17(24-13-8-12(22)9-13)10-16(20)18(21)19(15)23/h2-7,10,12-13H,8-9H2,1H3. The van der Waals surface area contributed by atoms with Crippen LogP contribution in [-0.2, 0) is 0 Å². The maximum Gasteiger partial charge on any atom is 0.130 e. The van der Waals surface area contributed by atoms with E-state index >= 15 is 0 Å². The van der Waals surface area contributed by atoms with Gasteiger partial charge < -0.3 is 4.74 Å². The van der Waals surface area contributed by atoms with Crippen molar-refractivity contribution in [3.63, 3.8) is 0 Å². The SMILES string of the molecule is Cc1ccc(Sn2ccc3c(OC4CC(F)C4)cc(Cl)c(Cl)c32)cc1. The minimum Gasteiger partial charge on any atom is -0.489 e. The average Bonchev–Trinajstić information content (AvgIpc) is 2.97. The lowest BCUT2D eigenvalue weighted by atomic mass is 9.93. The first-order valence-corrected chi connectivity index (χ1v) is 9.59. The van der Waals surface area contributed by atoms with E-state index in [1.807, 2.05) is 16.2 Å². The number of hydrogen-bond acceptors (Lipinski definition) is 2. The smallest absolute Gasteiger partial charge is 0.130 e. The van der Waals surface area contributed by atoms with Gasteiger partial charge in [-0.25, -0.2) is 4.39 Å². The number of fused-ring (bicyclic) bond motifs is 1. The lowest BCUT2D eigenvalue weighted by molar-refractivity contribution is 0.0421. The van der Waals surface area contributed by atoms with Gasteiger partial charge in [0.05, 0.1) is 15.6 Å². The number of ether oxygens (including phenoxy) is 1. The van der Waals surface area contributed by atoms with E-state index in [2.05, 4.69) is 31.2 Å². The van der Waals surface area contributed by atoms with Gasteiger partial charge in [0.15, 0.2) is 0 Å². The summed E-state index contributed by atoms with van der Waals surface area (Å²) in [5.74, 6) is 0.657. The molecular formula is C19H16Cl2FNOS. The number of aromatic nitrogens is 1. The second-order valence-corrected chi connectivity index (χ2v) is 8.12. The summed E-state index contributed by atoms with van der Waals surface area (Å²) < 4.78 is 21.0. The fourth-order valence-electron chi connectivity index (χ4n) is 2.86. The monoisotopic (exact) mass is 395 g/mol. The Hall–Kier alpha value is -1.36. The molecule has 0 amide bonds. The largest absolute Gasteiger partial charge is 0.489 e. The Labute approximate surface area is 160 Å². The zero-order valence-corrected chi connectivity index (χ0v) is 15.8. The highest BCUT2D eigenvalue weighted by molar-refractivity contribution is 7.98. The van der Waals surface area contributed by atoms with Crippen LogP contribution in [0.1, 0.15) is 18.4 Å². The van der Waals surface area contributed by atoms with E-state index < -0.39 is 6.17 Å². The normalized spacial score (nSPS) is 19.8. The molecule has 0 saturated heterocycles. The average molecular weight is 396 g/mol. The van der Waals surface area contributed by atoms with E-state index in [4.69, 9.17) is 27.9 Å². The Balaban J connectivity index is 1.71. The predicted molar refractivity (Wildman–Crippen MR) is 103 cm³/mol. The van der Waals surface area contributed by atoms with Crippen molar-refractivity contribution in [1.82, 2.24) is 3.97 Å². The second-order valence-electron chi connectivity index (χ2n) is 6.29. The molecule has 2 aromatic carbocycles. The fourth-order valence-corrected chi connectivity index (χ4v) is 4.23. The van der Waals surface area contributed by atoms with Crippen molar-refractivity contribution in [3.8, 4) is 5.75 Å².